The van der Waals surface area contributed by atoms with Crippen LogP contribution in [-0.4, -0.2) is 87.2 Å². The molecule has 0 aromatic heterocycles. The van der Waals surface area contributed by atoms with E-state index in [1.165, 1.54) is 53.0 Å². The molecular formula is C32H45Cl3N6O4. The third kappa shape index (κ3) is 8.40. The molecule has 4 bridgehead atoms. The van der Waals surface area contributed by atoms with Crippen LogP contribution in [0.25, 0.3) is 0 Å². The lowest BCUT2D eigenvalue weighted by atomic mass is 9.85. The fourth-order valence-corrected chi connectivity index (χ4v) is 7.39. The van der Waals surface area contributed by atoms with Gasteiger partial charge >= 0.3 is 0 Å². The highest BCUT2D eigenvalue weighted by Gasteiger charge is 2.34. The summed E-state index contributed by atoms with van der Waals surface area (Å²) in [6, 6.07) is 6.82. The number of fused-ring (bicyclic) bond motifs is 4. The Kier molecular flexibility index (Phi) is 12.4. The van der Waals surface area contributed by atoms with Crippen LogP contribution in [0.3, 0.4) is 0 Å². The van der Waals surface area contributed by atoms with Gasteiger partial charge in [-0.2, -0.15) is 0 Å². The topological polar surface area (TPSA) is 135 Å². The zero-order chi connectivity index (χ0) is 31.4. The number of amides is 2. The van der Waals surface area contributed by atoms with Crippen LogP contribution in [0.2, 0.25) is 10.0 Å². The van der Waals surface area contributed by atoms with E-state index >= 15 is 0 Å². The number of benzene rings is 2. The molecule has 4 fully saturated rings. The first-order valence-electron chi connectivity index (χ1n) is 15.5. The van der Waals surface area contributed by atoms with Crippen molar-refractivity contribution in [2.45, 2.75) is 50.6 Å². The molecule has 0 radical (unpaired) electrons. The molecule has 6 N–H and O–H groups in total. The van der Waals surface area contributed by atoms with Gasteiger partial charge in [0.05, 0.1) is 46.8 Å². The quantitative estimate of drug-likeness (QED) is 0.322. The number of nitrogen functional groups attached to an aromatic ring is 2. The maximum atomic E-state index is 12.6. The van der Waals surface area contributed by atoms with Gasteiger partial charge in [0.25, 0.3) is 11.8 Å². The molecule has 4 aliphatic heterocycles. The van der Waals surface area contributed by atoms with Gasteiger partial charge in [-0.3, -0.25) is 9.59 Å². The number of nitrogens with one attached hydrogen (secondary N) is 2. The van der Waals surface area contributed by atoms with E-state index < -0.39 is 0 Å². The van der Waals surface area contributed by atoms with E-state index in [0.717, 1.165) is 39.0 Å². The van der Waals surface area contributed by atoms with Crippen molar-refractivity contribution in [1.82, 2.24) is 20.4 Å². The lowest BCUT2D eigenvalue weighted by molar-refractivity contribution is 0.0732. The standard InChI is InChI=1S/2C16H22ClN3O2.ClH/c2*1-22-15-8-13(18)12(17)7-11(15)16(21)19-14-4-6-20-5-2-3-10(14)9-20;/h2*7-8,10,14H,2-6,9,18H2,1H3,(H,19,21);1H. The number of methoxy groups -OCH3 is 2. The minimum atomic E-state index is -0.136. The third-order valence-electron chi connectivity index (χ3n) is 9.49. The van der Waals surface area contributed by atoms with E-state index in [2.05, 4.69) is 20.4 Å². The Balaban J connectivity index is 0.000000200. The molecule has 248 valence electrons. The number of carbonyl (C=O) groups is 2. The van der Waals surface area contributed by atoms with Gasteiger partial charge in [-0.1, -0.05) is 23.2 Å². The van der Waals surface area contributed by atoms with Gasteiger partial charge in [0.15, 0.2) is 0 Å². The number of piperidine rings is 4. The number of ether oxygens (including phenoxy) is 2. The van der Waals surface area contributed by atoms with E-state index in [0.29, 0.717) is 55.9 Å². The van der Waals surface area contributed by atoms with E-state index in [4.69, 9.17) is 44.1 Å². The number of hydrogen-bond acceptors (Lipinski definition) is 8. The van der Waals surface area contributed by atoms with E-state index in [1.54, 1.807) is 24.3 Å². The van der Waals surface area contributed by atoms with Gasteiger partial charge in [0, 0.05) is 50.4 Å². The first kappa shape index (κ1) is 35.2. The van der Waals surface area contributed by atoms with Crippen LogP contribution in [0, 0.1) is 11.8 Å². The summed E-state index contributed by atoms with van der Waals surface area (Å²) in [5.41, 5.74) is 13.2. The number of halogens is 3. The average molecular weight is 684 g/mol. The maximum Gasteiger partial charge on any atom is 0.255 e. The largest absolute Gasteiger partial charge is 0.496 e. The Morgan fingerprint density at radius 1 is 0.711 bits per heavy atom. The second-order valence-electron chi connectivity index (χ2n) is 12.3. The fraction of sp³-hybridized carbons (Fsp3) is 0.562. The second kappa shape index (κ2) is 15.8. The molecule has 2 aromatic carbocycles. The average Bonchev–Trinajstić information content (AvgIpc) is 3.02. The molecule has 6 unspecified atom stereocenters. The minimum absolute atomic E-state index is 0. The van der Waals surface area contributed by atoms with Crippen molar-refractivity contribution in [2.75, 3.05) is 65.0 Å². The Morgan fingerprint density at radius 2 is 1.11 bits per heavy atom. The van der Waals surface area contributed by atoms with Gasteiger partial charge in [-0.15, -0.1) is 12.4 Å². The number of nitrogens with two attached hydrogens (primary N) is 2. The summed E-state index contributed by atoms with van der Waals surface area (Å²) in [5, 5.41) is 7.08. The summed E-state index contributed by atoms with van der Waals surface area (Å²) in [6.45, 7) is 6.68. The highest BCUT2D eigenvalue weighted by molar-refractivity contribution is 6.34. The first-order chi connectivity index (χ1) is 21.2. The molecule has 0 saturated carbocycles. The van der Waals surface area contributed by atoms with Crippen molar-refractivity contribution >= 4 is 58.8 Å². The van der Waals surface area contributed by atoms with Crippen LogP contribution in [-0.2, 0) is 0 Å². The van der Waals surface area contributed by atoms with E-state index in [9.17, 15) is 9.59 Å². The Hall–Kier alpha value is -2.63. The molecule has 10 nitrogen and oxygen atoms in total. The van der Waals surface area contributed by atoms with Crippen LogP contribution in [0.15, 0.2) is 24.3 Å². The van der Waals surface area contributed by atoms with E-state index in [1.807, 2.05) is 0 Å². The smallest absolute Gasteiger partial charge is 0.255 e. The zero-order valence-electron chi connectivity index (χ0n) is 26.0. The predicted molar refractivity (Wildman–Crippen MR) is 182 cm³/mol. The summed E-state index contributed by atoms with van der Waals surface area (Å²) in [6.07, 6.45) is 6.80. The Labute approximate surface area is 281 Å². The van der Waals surface area contributed by atoms with Crippen molar-refractivity contribution in [3.05, 3.63) is 45.4 Å². The number of rotatable bonds is 6. The van der Waals surface area contributed by atoms with Gasteiger partial charge in [-0.05, 0) is 75.6 Å². The predicted octanol–water partition coefficient (Wildman–Crippen LogP) is 4.71. The van der Waals surface area contributed by atoms with Gasteiger partial charge in [-0.25, -0.2) is 0 Å². The normalized spacial score (nSPS) is 26.7. The molecule has 4 heterocycles. The molecule has 45 heavy (non-hydrogen) atoms. The highest BCUT2D eigenvalue weighted by Crippen LogP contribution is 2.32. The fourth-order valence-electron chi connectivity index (χ4n) is 7.06. The Morgan fingerprint density at radius 3 is 1.49 bits per heavy atom. The molecular weight excluding hydrogens is 639 g/mol. The number of anilines is 2. The molecule has 4 saturated heterocycles. The molecule has 0 spiro atoms. The number of nitrogens with zero attached hydrogens (tertiary/aromatic N) is 2. The summed E-state index contributed by atoms with van der Waals surface area (Å²) in [4.78, 5) is 30.2. The molecule has 2 aromatic rings. The molecule has 2 amide bonds. The van der Waals surface area contributed by atoms with Crippen molar-refractivity contribution in [2.24, 2.45) is 11.8 Å². The minimum Gasteiger partial charge on any atom is -0.496 e. The molecule has 13 heteroatoms. The van der Waals surface area contributed by atoms with Crippen LogP contribution >= 0.6 is 35.6 Å². The van der Waals surface area contributed by atoms with Crippen molar-refractivity contribution in [3.8, 4) is 11.5 Å². The lowest BCUT2D eigenvalue weighted by Gasteiger charge is -2.42. The third-order valence-corrected chi connectivity index (χ3v) is 10.1. The van der Waals surface area contributed by atoms with Crippen molar-refractivity contribution < 1.29 is 19.1 Å². The summed E-state index contributed by atoms with van der Waals surface area (Å²) < 4.78 is 10.5. The second-order valence-corrected chi connectivity index (χ2v) is 13.1. The summed E-state index contributed by atoms with van der Waals surface area (Å²) >= 11 is 12.1. The van der Waals surface area contributed by atoms with E-state index in [-0.39, 0.29) is 36.3 Å². The highest BCUT2D eigenvalue weighted by atomic mass is 35.5. The number of hydrogen-bond donors (Lipinski definition) is 4. The first-order valence-corrected chi connectivity index (χ1v) is 16.2. The van der Waals surface area contributed by atoms with Crippen molar-refractivity contribution in [1.29, 1.82) is 0 Å². The Bertz CT molecular complexity index is 1260. The van der Waals surface area contributed by atoms with Gasteiger partial charge in [0.2, 0.25) is 0 Å². The summed E-state index contributed by atoms with van der Waals surface area (Å²) in [5.74, 6) is 1.73. The van der Waals surface area contributed by atoms with Crippen LogP contribution < -0.4 is 31.6 Å². The SMILES string of the molecule is COc1cc(N)c(Cl)cc1C(=O)NC1CCN2CCCC1C2.COc1cc(N)c(Cl)cc1C(=O)NC1CCN2CCCC1C2.Cl. The van der Waals surface area contributed by atoms with Crippen LogP contribution in [0.4, 0.5) is 11.4 Å². The van der Waals surface area contributed by atoms with Crippen LogP contribution in [0.1, 0.15) is 59.2 Å². The zero-order valence-corrected chi connectivity index (χ0v) is 28.3. The van der Waals surface area contributed by atoms with Gasteiger partial charge < -0.3 is 41.4 Å². The summed E-state index contributed by atoms with van der Waals surface area (Å²) in [7, 11) is 3.05. The monoisotopic (exact) mass is 682 g/mol. The lowest BCUT2D eigenvalue weighted by Crippen LogP contribution is -2.53. The molecule has 6 rings (SSSR count). The molecule has 4 aliphatic rings. The molecule has 6 atom stereocenters. The maximum absolute atomic E-state index is 12.6. The van der Waals surface area contributed by atoms with Crippen molar-refractivity contribution in [3.63, 3.8) is 0 Å². The molecule has 0 aliphatic carbocycles. The van der Waals surface area contributed by atoms with Gasteiger partial charge in [0.1, 0.15) is 11.5 Å². The van der Waals surface area contributed by atoms with Crippen LogP contribution in [0.5, 0.6) is 11.5 Å². The number of carbonyl (C=O) groups excluding carboxylic acids is 2.